The summed E-state index contributed by atoms with van der Waals surface area (Å²) in [5.41, 5.74) is 0.298. The van der Waals surface area contributed by atoms with Crippen LogP contribution >= 0.6 is 0 Å². The Bertz CT molecular complexity index is 674. The van der Waals surface area contributed by atoms with Crippen LogP contribution in [0.25, 0.3) is 0 Å². The highest BCUT2D eigenvalue weighted by Gasteiger charge is 2.34. The van der Waals surface area contributed by atoms with E-state index in [0.29, 0.717) is 18.8 Å². The van der Waals surface area contributed by atoms with Crippen molar-refractivity contribution >= 4 is 5.91 Å². The molecule has 2 aromatic heterocycles. The first-order valence-electron chi connectivity index (χ1n) is 7.20. The van der Waals surface area contributed by atoms with Crippen molar-refractivity contribution in [2.24, 2.45) is 0 Å². The molecule has 1 N–H and O–H groups in total. The van der Waals surface area contributed by atoms with Crippen LogP contribution in [0.15, 0.2) is 18.3 Å². The molecule has 0 saturated carbocycles. The maximum atomic E-state index is 12.6. The molecule has 2 rings (SSSR count). The van der Waals surface area contributed by atoms with E-state index in [2.05, 4.69) is 15.5 Å². The molecule has 0 aliphatic carbocycles. The minimum absolute atomic E-state index is 0.0556. The first-order valence-corrected chi connectivity index (χ1v) is 7.20. The lowest BCUT2D eigenvalue weighted by atomic mass is 10.3. The highest BCUT2D eigenvalue weighted by atomic mass is 19.4. The maximum absolute atomic E-state index is 12.6. The molecule has 2 aromatic rings. The Labute approximate surface area is 131 Å². The van der Waals surface area contributed by atoms with Crippen LogP contribution in [0.3, 0.4) is 0 Å². The zero-order valence-electron chi connectivity index (χ0n) is 12.9. The van der Waals surface area contributed by atoms with Crippen LogP contribution in [0.5, 0.6) is 0 Å². The second-order valence-corrected chi connectivity index (χ2v) is 5.06. The van der Waals surface area contributed by atoms with Crippen molar-refractivity contribution in [1.82, 2.24) is 24.9 Å². The fraction of sp³-hybridized carbons (Fsp3) is 0.500. The number of carbonyl (C=O) groups excluding carboxylic acids is 1. The highest BCUT2D eigenvalue weighted by molar-refractivity contribution is 5.75. The third-order valence-corrected chi connectivity index (χ3v) is 3.39. The standard InChI is InChI=1S/C14H18F3N5O/c1-3-21-11(4-6-19-21)9-18-13(23)5-7-22-10(2)8-12(20-22)14(15,16)17/h4,6,8H,3,5,7,9H2,1-2H3,(H,18,23). The number of halogens is 3. The Kier molecular flexibility index (Phi) is 5.07. The molecule has 0 bridgehead atoms. The maximum Gasteiger partial charge on any atom is 0.435 e. The molecular weight excluding hydrogens is 311 g/mol. The average Bonchev–Trinajstić information content (AvgIpc) is 3.08. The molecule has 0 radical (unpaired) electrons. The number of nitrogens with zero attached hydrogens (tertiary/aromatic N) is 4. The van der Waals surface area contributed by atoms with Crippen LogP contribution in [-0.4, -0.2) is 25.5 Å². The Balaban J connectivity index is 1.86. The van der Waals surface area contributed by atoms with Crippen LogP contribution in [0.4, 0.5) is 13.2 Å². The number of rotatable bonds is 6. The third-order valence-electron chi connectivity index (χ3n) is 3.39. The lowest BCUT2D eigenvalue weighted by Gasteiger charge is -2.08. The Morgan fingerprint density at radius 1 is 1.35 bits per heavy atom. The van der Waals surface area contributed by atoms with Gasteiger partial charge in [-0.3, -0.25) is 14.2 Å². The monoisotopic (exact) mass is 329 g/mol. The molecule has 1 amide bonds. The van der Waals surface area contributed by atoms with E-state index in [0.717, 1.165) is 11.8 Å². The fourth-order valence-electron chi connectivity index (χ4n) is 2.15. The van der Waals surface area contributed by atoms with Gasteiger partial charge in [0, 0.05) is 31.4 Å². The number of aryl methyl sites for hydroxylation is 3. The molecule has 2 heterocycles. The van der Waals surface area contributed by atoms with Gasteiger partial charge in [0.15, 0.2) is 5.69 Å². The molecule has 0 unspecified atom stereocenters. The normalized spacial score (nSPS) is 11.7. The Morgan fingerprint density at radius 3 is 2.70 bits per heavy atom. The molecule has 23 heavy (non-hydrogen) atoms. The predicted octanol–water partition coefficient (Wildman–Crippen LogP) is 2.13. The van der Waals surface area contributed by atoms with Gasteiger partial charge < -0.3 is 5.32 Å². The molecule has 6 nitrogen and oxygen atoms in total. The molecule has 0 fully saturated rings. The molecule has 0 aromatic carbocycles. The zero-order valence-corrected chi connectivity index (χ0v) is 12.9. The van der Waals surface area contributed by atoms with Crippen LogP contribution in [-0.2, 0) is 30.6 Å². The fourth-order valence-corrected chi connectivity index (χ4v) is 2.15. The van der Waals surface area contributed by atoms with Crippen LogP contribution in [0.1, 0.15) is 30.4 Å². The van der Waals surface area contributed by atoms with Crippen molar-refractivity contribution in [3.05, 3.63) is 35.4 Å². The summed E-state index contributed by atoms with van der Waals surface area (Å²) in [7, 11) is 0. The van der Waals surface area contributed by atoms with E-state index in [1.165, 1.54) is 11.6 Å². The number of hydrogen-bond acceptors (Lipinski definition) is 3. The number of nitrogens with one attached hydrogen (secondary N) is 1. The summed E-state index contributed by atoms with van der Waals surface area (Å²) >= 11 is 0. The number of alkyl halides is 3. The number of amides is 1. The van der Waals surface area contributed by atoms with Gasteiger partial charge in [-0.1, -0.05) is 0 Å². The van der Waals surface area contributed by atoms with Crippen molar-refractivity contribution in [2.45, 2.75) is 46.1 Å². The zero-order chi connectivity index (χ0) is 17.0. The topological polar surface area (TPSA) is 64.7 Å². The number of hydrogen-bond donors (Lipinski definition) is 1. The molecular formula is C14H18F3N5O. The van der Waals surface area contributed by atoms with E-state index >= 15 is 0 Å². The predicted molar refractivity (Wildman–Crippen MR) is 76.3 cm³/mol. The van der Waals surface area contributed by atoms with E-state index in [1.54, 1.807) is 16.9 Å². The van der Waals surface area contributed by atoms with E-state index in [-0.39, 0.29) is 18.9 Å². The third kappa shape index (κ3) is 4.33. The summed E-state index contributed by atoms with van der Waals surface area (Å²) in [6, 6.07) is 2.77. The van der Waals surface area contributed by atoms with Gasteiger partial charge >= 0.3 is 6.18 Å². The van der Waals surface area contributed by atoms with Crippen molar-refractivity contribution < 1.29 is 18.0 Å². The quantitative estimate of drug-likeness (QED) is 0.883. The summed E-state index contributed by atoms with van der Waals surface area (Å²) < 4.78 is 40.6. The second-order valence-electron chi connectivity index (χ2n) is 5.06. The average molecular weight is 329 g/mol. The summed E-state index contributed by atoms with van der Waals surface area (Å²) in [5, 5.41) is 10.3. The van der Waals surface area contributed by atoms with E-state index < -0.39 is 11.9 Å². The molecule has 0 aliphatic rings. The SMILES string of the molecule is CCn1nccc1CNC(=O)CCn1nc(C(F)(F)F)cc1C. The van der Waals surface area contributed by atoms with Crippen LogP contribution in [0, 0.1) is 6.92 Å². The van der Waals surface area contributed by atoms with Gasteiger partial charge in [-0.25, -0.2) is 0 Å². The van der Waals surface area contributed by atoms with Gasteiger partial charge in [-0.2, -0.15) is 23.4 Å². The summed E-state index contributed by atoms with van der Waals surface area (Å²) in [6.45, 7) is 4.60. The van der Waals surface area contributed by atoms with E-state index in [1.807, 2.05) is 6.92 Å². The van der Waals surface area contributed by atoms with Gasteiger partial charge in [0.1, 0.15) is 0 Å². The van der Waals surface area contributed by atoms with E-state index in [4.69, 9.17) is 0 Å². The van der Waals surface area contributed by atoms with Gasteiger partial charge in [-0.15, -0.1) is 0 Å². The van der Waals surface area contributed by atoms with Crippen molar-refractivity contribution in [3.63, 3.8) is 0 Å². The van der Waals surface area contributed by atoms with E-state index in [9.17, 15) is 18.0 Å². The lowest BCUT2D eigenvalue weighted by molar-refractivity contribution is -0.141. The van der Waals surface area contributed by atoms with Crippen LogP contribution in [0.2, 0.25) is 0 Å². The van der Waals surface area contributed by atoms with Crippen LogP contribution < -0.4 is 5.32 Å². The smallest absolute Gasteiger partial charge is 0.350 e. The largest absolute Gasteiger partial charge is 0.435 e. The number of carbonyl (C=O) groups is 1. The van der Waals surface area contributed by atoms with Crippen molar-refractivity contribution in [1.29, 1.82) is 0 Å². The molecule has 0 aliphatic heterocycles. The highest BCUT2D eigenvalue weighted by Crippen LogP contribution is 2.28. The minimum atomic E-state index is -4.48. The summed E-state index contributed by atoms with van der Waals surface area (Å²) in [5.74, 6) is -0.252. The van der Waals surface area contributed by atoms with Gasteiger partial charge in [0.25, 0.3) is 0 Å². The molecule has 126 valence electrons. The number of aromatic nitrogens is 4. The van der Waals surface area contributed by atoms with Gasteiger partial charge in [0.05, 0.1) is 12.2 Å². The molecule has 0 atom stereocenters. The summed E-state index contributed by atoms with van der Waals surface area (Å²) in [4.78, 5) is 11.8. The lowest BCUT2D eigenvalue weighted by Crippen LogP contribution is -2.25. The van der Waals surface area contributed by atoms with Crippen molar-refractivity contribution in [3.8, 4) is 0 Å². The van der Waals surface area contributed by atoms with Gasteiger partial charge in [0.2, 0.25) is 5.91 Å². The molecule has 0 spiro atoms. The van der Waals surface area contributed by atoms with Crippen molar-refractivity contribution in [2.75, 3.05) is 0 Å². The minimum Gasteiger partial charge on any atom is -0.350 e. The first-order chi connectivity index (χ1) is 10.8. The molecule has 0 saturated heterocycles. The molecule has 9 heteroatoms. The summed E-state index contributed by atoms with van der Waals surface area (Å²) in [6.07, 6.45) is -2.77. The Morgan fingerprint density at radius 2 is 2.09 bits per heavy atom. The first kappa shape index (κ1) is 17.0. The second kappa shape index (κ2) is 6.84. The van der Waals surface area contributed by atoms with Gasteiger partial charge in [-0.05, 0) is 26.0 Å². The Hall–Kier alpha value is -2.32.